The zero-order valence-corrected chi connectivity index (χ0v) is 42.6. The maximum atomic E-state index is 12.8. The summed E-state index contributed by atoms with van der Waals surface area (Å²) in [6, 6.07) is 43.9. The molecular weight excluding hydrogens is 1020 g/mol. The first-order valence-electron chi connectivity index (χ1n) is 23.4. The number of rotatable bonds is 16. The maximum Gasteiger partial charge on any atom is 0.295 e. The van der Waals surface area contributed by atoms with Crippen molar-refractivity contribution in [1.82, 2.24) is 0 Å². The van der Waals surface area contributed by atoms with E-state index in [1.54, 1.807) is 148 Å². The van der Waals surface area contributed by atoms with Gasteiger partial charge < -0.3 is 38.4 Å². The smallest absolute Gasteiger partial charge is 0.295 e. The van der Waals surface area contributed by atoms with Crippen LogP contribution < -0.4 is 40.3 Å². The Balaban J connectivity index is 1.06. The number of methoxy groups -OCH3 is 2. The van der Waals surface area contributed by atoms with E-state index in [1.165, 1.54) is 24.3 Å². The summed E-state index contributed by atoms with van der Waals surface area (Å²) < 4.78 is 108. The highest BCUT2D eigenvalue weighted by atomic mass is 32.2. The van der Waals surface area contributed by atoms with Gasteiger partial charge in [0.05, 0.1) is 36.3 Å². The van der Waals surface area contributed by atoms with E-state index in [0.717, 1.165) is 0 Å². The Bertz CT molecular complexity index is 4070. The summed E-state index contributed by atoms with van der Waals surface area (Å²) >= 11 is 0. The van der Waals surface area contributed by atoms with Crippen molar-refractivity contribution < 1.29 is 53.7 Å². The predicted molar refractivity (Wildman–Crippen MR) is 293 cm³/mol. The SMILES string of the molecule is C#CCOc1ccc(OC)c(Nc2ccc3c(-c4ccccc4S(=O)(=O)O)c4ccc(=NCN=c5ccc6c(-c7ccccc7S(=O)(=O)O)c7ccc(Nc8cc(OCC#C)ccc8OC)cc7oc-6c5)cc-4oc3c2)c1. The fraction of sp³-hybridized carbons (Fsp3) is 0.0847. The van der Waals surface area contributed by atoms with E-state index >= 15 is 0 Å². The van der Waals surface area contributed by atoms with Gasteiger partial charge in [0.15, 0.2) is 0 Å². The van der Waals surface area contributed by atoms with E-state index in [2.05, 4.69) is 22.5 Å². The average Bonchev–Trinajstić information content (AvgIpc) is 3.42. The minimum atomic E-state index is -4.67. The van der Waals surface area contributed by atoms with E-state index in [4.69, 9.17) is 50.6 Å². The fourth-order valence-electron chi connectivity index (χ4n) is 9.00. The van der Waals surface area contributed by atoms with E-state index in [0.29, 0.717) is 112 Å². The molecule has 6 aromatic carbocycles. The number of terminal acetylenes is 2. The number of anilines is 4. The molecule has 18 heteroatoms. The third kappa shape index (κ3) is 10.7. The van der Waals surface area contributed by atoms with Crippen LogP contribution in [0, 0.1) is 24.7 Å². The Labute approximate surface area is 442 Å². The fourth-order valence-corrected chi connectivity index (χ4v) is 10.4. The second-order valence-electron chi connectivity index (χ2n) is 17.1. The highest BCUT2D eigenvalue weighted by Crippen LogP contribution is 2.45. The molecule has 77 heavy (non-hydrogen) atoms. The molecule has 4 N–H and O–H groups in total. The van der Waals surface area contributed by atoms with Crippen LogP contribution in [0.5, 0.6) is 23.0 Å². The maximum absolute atomic E-state index is 12.8. The lowest BCUT2D eigenvalue weighted by Crippen LogP contribution is -2.07. The van der Waals surface area contributed by atoms with Gasteiger partial charge >= 0.3 is 0 Å². The molecule has 0 radical (unpaired) electrons. The molecule has 0 spiro atoms. The topological polar surface area (TPSA) is 221 Å². The molecule has 0 saturated carbocycles. The Morgan fingerprint density at radius 1 is 0.519 bits per heavy atom. The quantitative estimate of drug-likeness (QED) is 0.0402. The molecule has 2 heterocycles. The van der Waals surface area contributed by atoms with Crippen LogP contribution in [0.1, 0.15) is 0 Å². The standard InChI is InChI=1S/C59H44N4O12S2/c1-5-27-72-40-19-25-50(70-3)48(33-40)62-38-17-23-44-54(31-38)74-52-29-36(15-21-42(52)58(44)46-11-7-9-13-56(46)76(64,65)66)60-35-61-37-16-22-43-53(30-37)75-55-32-39(63-49-34-41(73-28-6-2)20-26-51(49)71-4)18-24-45(55)59(43)47-12-8-10-14-57(47)77(67,68)69/h1-2,7-26,29-34,62-63H,27-28,35H2,3-4H3,(H,64,65,66)(H,67,68,69). The molecule has 4 aliphatic rings. The first-order chi connectivity index (χ1) is 37.2. The van der Waals surface area contributed by atoms with Crippen molar-refractivity contribution in [2.24, 2.45) is 9.98 Å². The van der Waals surface area contributed by atoms with Gasteiger partial charge in [0.1, 0.15) is 75.4 Å². The first kappa shape index (κ1) is 50.9. The number of nitrogens with one attached hydrogen (secondary N) is 2. The van der Waals surface area contributed by atoms with Crippen LogP contribution in [-0.4, -0.2) is 60.0 Å². The molecule has 0 amide bonds. The summed E-state index contributed by atoms with van der Waals surface area (Å²) in [5.74, 6) is 7.70. The van der Waals surface area contributed by atoms with Crippen LogP contribution >= 0.6 is 0 Å². The van der Waals surface area contributed by atoms with E-state index < -0.39 is 20.2 Å². The number of ether oxygens (including phenoxy) is 4. The van der Waals surface area contributed by atoms with Crippen LogP contribution in [0.2, 0.25) is 0 Å². The monoisotopic (exact) mass is 1060 g/mol. The van der Waals surface area contributed by atoms with Gasteiger partial charge in [0.25, 0.3) is 20.2 Å². The van der Waals surface area contributed by atoms with Crippen molar-refractivity contribution in [1.29, 1.82) is 0 Å². The molecule has 2 aliphatic carbocycles. The van der Waals surface area contributed by atoms with Crippen LogP contribution in [0.3, 0.4) is 0 Å². The summed E-state index contributed by atoms with van der Waals surface area (Å²) in [7, 11) is -6.26. The van der Waals surface area contributed by atoms with Crippen molar-refractivity contribution in [2.75, 3.05) is 44.7 Å². The van der Waals surface area contributed by atoms with Crippen LogP contribution in [0.15, 0.2) is 186 Å². The highest BCUT2D eigenvalue weighted by molar-refractivity contribution is 7.86. The number of hydrogen-bond donors (Lipinski definition) is 4. The predicted octanol–water partition coefficient (Wildman–Crippen LogP) is 11.2. The lowest BCUT2D eigenvalue weighted by Gasteiger charge is -2.18. The zero-order chi connectivity index (χ0) is 53.8. The molecule has 0 fully saturated rings. The number of nitrogens with zero attached hydrogens (tertiary/aromatic N) is 2. The highest BCUT2D eigenvalue weighted by Gasteiger charge is 2.26. The second-order valence-corrected chi connectivity index (χ2v) is 19.9. The van der Waals surface area contributed by atoms with E-state index in [9.17, 15) is 25.9 Å². The molecule has 0 atom stereocenters. The zero-order valence-electron chi connectivity index (χ0n) is 41.0. The largest absolute Gasteiger partial charge is 0.495 e. The summed E-state index contributed by atoms with van der Waals surface area (Å²) in [4.78, 5) is 8.95. The third-order valence-electron chi connectivity index (χ3n) is 12.3. The van der Waals surface area contributed by atoms with Gasteiger partial charge in [-0.05, 0) is 84.9 Å². The van der Waals surface area contributed by atoms with Gasteiger partial charge in [-0.25, -0.2) is 0 Å². The molecule has 0 unspecified atom stereocenters. The van der Waals surface area contributed by atoms with Gasteiger partial charge in [-0.1, -0.05) is 48.2 Å². The first-order valence-corrected chi connectivity index (χ1v) is 26.3. The molecule has 10 rings (SSSR count). The lowest BCUT2D eigenvalue weighted by atomic mass is 9.93. The third-order valence-corrected chi connectivity index (χ3v) is 14.2. The number of benzene rings is 8. The van der Waals surface area contributed by atoms with Gasteiger partial charge in [0.2, 0.25) is 0 Å². The van der Waals surface area contributed by atoms with Crippen molar-refractivity contribution in [3.8, 4) is 92.6 Å². The van der Waals surface area contributed by atoms with Crippen LogP contribution in [-0.2, 0) is 20.2 Å². The summed E-state index contributed by atoms with van der Waals surface area (Å²) in [6.07, 6.45) is 10.8. The minimum absolute atomic E-state index is 0.0604. The molecule has 0 saturated heterocycles. The molecular formula is C59H44N4O12S2. The molecule has 0 bridgehead atoms. The lowest BCUT2D eigenvalue weighted by molar-refractivity contribution is 0.368. The van der Waals surface area contributed by atoms with Gasteiger partial charge in [-0.15, -0.1) is 12.8 Å². The van der Waals surface area contributed by atoms with Crippen LogP contribution in [0.25, 0.3) is 66.8 Å². The average molecular weight is 1070 g/mol. The Hall–Kier alpha value is -9.56. The second kappa shape index (κ2) is 21.4. The van der Waals surface area contributed by atoms with Crippen LogP contribution in [0.4, 0.5) is 22.7 Å². The summed E-state index contributed by atoms with van der Waals surface area (Å²) in [5.41, 5.74) is 5.67. The van der Waals surface area contributed by atoms with Crippen molar-refractivity contribution in [2.45, 2.75) is 9.79 Å². The Morgan fingerprint density at radius 2 is 0.948 bits per heavy atom. The summed E-state index contributed by atoms with van der Waals surface area (Å²) in [5, 5.41) is 8.77. The van der Waals surface area contributed by atoms with Crippen molar-refractivity contribution in [3.05, 3.63) is 168 Å². The van der Waals surface area contributed by atoms with Gasteiger partial charge in [-0.2, -0.15) is 16.8 Å². The minimum Gasteiger partial charge on any atom is -0.495 e. The van der Waals surface area contributed by atoms with E-state index in [1.807, 2.05) is 0 Å². The van der Waals surface area contributed by atoms with Crippen molar-refractivity contribution in [3.63, 3.8) is 0 Å². The molecule has 16 nitrogen and oxygen atoms in total. The molecule has 2 aliphatic heterocycles. The Kier molecular flexibility index (Phi) is 14.1. The van der Waals surface area contributed by atoms with E-state index in [-0.39, 0.29) is 40.8 Å². The van der Waals surface area contributed by atoms with Crippen molar-refractivity contribution >= 4 is 64.9 Å². The number of fused-ring (bicyclic) bond motifs is 4. The number of hydrogen-bond acceptors (Lipinski definition) is 14. The summed E-state index contributed by atoms with van der Waals surface area (Å²) in [6.45, 7) is 0.0827. The molecule has 6 aromatic rings. The van der Waals surface area contributed by atoms with Gasteiger partial charge in [0, 0.05) is 91.9 Å². The molecule has 0 aromatic heterocycles. The molecule has 384 valence electrons. The normalized spacial score (nSPS) is 12.1. The Morgan fingerprint density at radius 3 is 1.35 bits per heavy atom. The van der Waals surface area contributed by atoms with Gasteiger partial charge in [-0.3, -0.25) is 19.1 Å².